The minimum Gasteiger partial charge on any atom is -0.317 e. The molecule has 1 heterocycles. The number of amides is 2. The zero-order valence-corrected chi connectivity index (χ0v) is 9.53. The summed E-state index contributed by atoms with van der Waals surface area (Å²) in [5, 5.41) is 5.56. The molecule has 16 heavy (non-hydrogen) atoms. The van der Waals surface area contributed by atoms with Crippen LogP contribution in [0.5, 0.6) is 0 Å². The first kappa shape index (κ1) is 12.6. The lowest BCUT2D eigenvalue weighted by molar-refractivity contribution is -0.131. The molecule has 0 spiro atoms. The second kappa shape index (κ2) is 6.95. The summed E-state index contributed by atoms with van der Waals surface area (Å²) in [6.45, 7) is 3.56. The minimum atomic E-state index is -0.346. The lowest BCUT2D eigenvalue weighted by Gasteiger charge is -2.20. The first-order valence-corrected chi connectivity index (χ1v) is 5.59. The topological polar surface area (TPSA) is 58.2 Å². The van der Waals surface area contributed by atoms with Crippen molar-refractivity contribution in [3.63, 3.8) is 0 Å². The van der Waals surface area contributed by atoms with Gasteiger partial charge in [0, 0.05) is 12.0 Å². The number of nitrogens with one attached hydrogen (secondary N) is 2. The maximum atomic E-state index is 11.6. The number of hydrogen-bond donors (Lipinski definition) is 2. The molecule has 0 bridgehead atoms. The molecule has 0 saturated carbocycles. The molecule has 2 amide bonds. The molecular weight excluding hydrogens is 204 g/mol. The van der Waals surface area contributed by atoms with Gasteiger partial charge in [0.25, 0.3) is 5.91 Å². The highest BCUT2D eigenvalue weighted by Gasteiger charge is 2.21. The molecular formula is C12H18N2O2. The van der Waals surface area contributed by atoms with E-state index in [2.05, 4.69) is 10.6 Å². The summed E-state index contributed by atoms with van der Waals surface area (Å²) in [5.74, 6) is -0.529. The van der Waals surface area contributed by atoms with Gasteiger partial charge in [-0.3, -0.25) is 14.9 Å². The number of imide groups is 1. The quantitative estimate of drug-likeness (QED) is 0.547. The van der Waals surface area contributed by atoms with Crippen LogP contribution >= 0.6 is 0 Å². The third kappa shape index (κ3) is 4.40. The molecule has 1 saturated heterocycles. The van der Waals surface area contributed by atoms with Crippen molar-refractivity contribution < 1.29 is 9.59 Å². The summed E-state index contributed by atoms with van der Waals surface area (Å²) >= 11 is 0. The van der Waals surface area contributed by atoms with E-state index in [0.717, 1.165) is 25.9 Å². The van der Waals surface area contributed by atoms with E-state index >= 15 is 0 Å². The number of piperidine rings is 1. The van der Waals surface area contributed by atoms with Gasteiger partial charge in [0.15, 0.2) is 0 Å². The number of rotatable bonds is 3. The molecule has 1 aliphatic rings. The van der Waals surface area contributed by atoms with Gasteiger partial charge in [-0.1, -0.05) is 18.2 Å². The Hall–Kier alpha value is -1.42. The molecule has 0 aromatic rings. The van der Waals surface area contributed by atoms with Gasteiger partial charge in [0.1, 0.15) is 0 Å². The van der Waals surface area contributed by atoms with Crippen molar-refractivity contribution in [3.8, 4) is 0 Å². The number of carbonyl (C=O) groups excluding carboxylic acids is 2. The van der Waals surface area contributed by atoms with Gasteiger partial charge in [-0.25, -0.2) is 0 Å². The van der Waals surface area contributed by atoms with Crippen LogP contribution in [0, 0.1) is 5.92 Å². The zero-order valence-electron chi connectivity index (χ0n) is 9.53. The Morgan fingerprint density at radius 3 is 2.56 bits per heavy atom. The van der Waals surface area contributed by atoms with Crippen LogP contribution in [0.3, 0.4) is 0 Å². The van der Waals surface area contributed by atoms with E-state index < -0.39 is 0 Å². The molecule has 0 aromatic carbocycles. The van der Waals surface area contributed by atoms with E-state index in [0.29, 0.717) is 0 Å². The van der Waals surface area contributed by atoms with E-state index in [1.54, 1.807) is 12.2 Å². The van der Waals surface area contributed by atoms with Crippen LogP contribution in [0.4, 0.5) is 0 Å². The van der Waals surface area contributed by atoms with Crippen molar-refractivity contribution in [1.29, 1.82) is 0 Å². The predicted molar refractivity (Wildman–Crippen MR) is 62.7 cm³/mol. The third-order valence-corrected chi connectivity index (χ3v) is 2.51. The van der Waals surface area contributed by atoms with Crippen LogP contribution in [0.15, 0.2) is 24.3 Å². The number of allylic oxidation sites excluding steroid dienone is 3. The van der Waals surface area contributed by atoms with Gasteiger partial charge in [-0.2, -0.15) is 0 Å². The van der Waals surface area contributed by atoms with Crippen LogP contribution in [-0.2, 0) is 9.59 Å². The van der Waals surface area contributed by atoms with Crippen molar-refractivity contribution in [3.05, 3.63) is 24.3 Å². The average Bonchev–Trinajstić information content (AvgIpc) is 2.30. The van der Waals surface area contributed by atoms with Crippen LogP contribution in [-0.4, -0.2) is 24.9 Å². The van der Waals surface area contributed by atoms with Gasteiger partial charge in [0.05, 0.1) is 0 Å². The molecule has 0 aromatic heterocycles. The molecule has 2 N–H and O–H groups in total. The Labute approximate surface area is 95.8 Å². The fraction of sp³-hybridized carbons (Fsp3) is 0.500. The zero-order chi connectivity index (χ0) is 11.8. The third-order valence-electron chi connectivity index (χ3n) is 2.51. The Morgan fingerprint density at radius 2 is 1.94 bits per heavy atom. The lowest BCUT2D eigenvalue weighted by Crippen LogP contribution is -2.40. The fourth-order valence-electron chi connectivity index (χ4n) is 1.60. The van der Waals surface area contributed by atoms with Crippen LogP contribution in [0.25, 0.3) is 0 Å². The average molecular weight is 222 g/mol. The Balaban J connectivity index is 2.35. The molecule has 1 rings (SSSR count). The first-order chi connectivity index (χ1) is 7.74. The van der Waals surface area contributed by atoms with Gasteiger partial charge in [-0.15, -0.1) is 0 Å². The predicted octanol–water partition coefficient (Wildman–Crippen LogP) is 0.761. The minimum absolute atomic E-state index is 0.0275. The Bertz CT molecular complexity index is 302. The molecule has 0 radical (unpaired) electrons. The summed E-state index contributed by atoms with van der Waals surface area (Å²) in [6, 6.07) is 0. The SMILES string of the molecule is C/C=C/C=C/C(=O)NC(=O)C1CCNCC1. The summed E-state index contributed by atoms with van der Waals surface area (Å²) in [6.07, 6.45) is 8.15. The fourth-order valence-corrected chi connectivity index (χ4v) is 1.60. The highest BCUT2D eigenvalue weighted by molar-refractivity contribution is 6.01. The number of carbonyl (C=O) groups is 2. The maximum Gasteiger partial charge on any atom is 0.250 e. The molecule has 0 unspecified atom stereocenters. The van der Waals surface area contributed by atoms with Crippen LogP contribution in [0.1, 0.15) is 19.8 Å². The second-order valence-electron chi connectivity index (χ2n) is 3.76. The molecule has 88 valence electrons. The van der Waals surface area contributed by atoms with Gasteiger partial charge in [0.2, 0.25) is 5.91 Å². The number of hydrogen-bond acceptors (Lipinski definition) is 3. The van der Waals surface area contributed by atoms with Gasteiger partial charge < -0.3 is 5.32 Å². The van der Waals surface area contributed by atoms with Crippen molar-refractivity contribution in [2.24, 2.45) is 5.92 Å². The second-order valence-corrected chi connectivity index (χ2v) is 3.76. The van der Waals surface area contributed by atoms with Crippen molar-refractivity contribution in [1.82, 2.24) is 10.6 Å². The first-order valence-electron chi connectivity index (χ1n) is 5.59. The summed E-state index contributed by atoms with van der Waals surface area (Å²) in [7, 11) is 0. The molecule has 0 atom stereocenters. The van der Waals surface area contributed by atoms with Crippen molar-refractivity contribution in [2.45, 2.75) is 19.8 Å². The van der Waals surface area contributed by atoms with Gasteiger partial charge >= 0.3 is 0 Å². The van der Waals surface area contributed by atoms with Crippen molar-refractivity contribution in [2.75, 3.05) is 13.1 Å². The van der Waals surface area contributed by atoms with E-state index in [4.69, 9.17) is 0 Å². The summed E-state index contributed by atoms with van der Waals surface area (Å²) < 4.78 is 0. The van der Waals surface area contributed by atoms with E-state index in [-0.39, 0.29) is 17.7 Å². The van der Waals surface area contributed by atoms with Crippen LogP contribution < -0.4 is 10.6 Å². The Kier molecular flexibility index (Phi) is 5.50. The highest BCUT2D eigenvalue weighted by Crippen LogP contribution is 2.11. The molecule has 1 aliphatic heterocycles. The van der Waals surface area contributed by atoms with Gasteiger partial charge in [-0.05, 0) is 32.9 Å². The normalized spacial score (nSPS) is 18.1. The highest BCUT2D eigenvalue weighted by atomic mass is 16.2. The van der Waals surface area contributed by atoms with E-state index in [1.807, 2.05) is 13.0 Å². The lowest BCUT2D eigenvalue weighted by atomic mass is 9.97. The van der Waals surface area contributed by atoms with E-state index in [1.165, 1.54) is 6.08 Å². The molecule has 0 aliphatic carbocycles. The molecule has 1 fully saturated rings. The Morgan fingerprint density at radius 1 is 1.25 bits per heavy atom. The maximum absolute atomic E-state index is 11.6. The standard InChI is InChI=1S/C12H18N2O2/c1-2-3-4-5-11(15)14-12(16)10-6-8-13-9-7-10/h2-5,10,13H,6-9H2,1H3,(H,14,15,16)/b3-2+,5-4+. The molecule has 4 heteroatoms. The monoisotopic (exact) mass is 222 g/mol. The largest absolute Gasteiger partial charge is 0.317 e. The smallest absolute Gasteiger partial charge is 0.250 e. The molecule has 4 nitrogen and oxygen atoms in total. The van der Waals surface area contributed by atoms with E-state index in [9.17, 15) is 9.59 Å². The van der Waals surface area contributed by atoms with Crippen molar-refractivity contribution >= 4 is 11.8 Å². The van der Waals surface area contributed by atoms with Crippen LogP contribution in [0.2, 0.25) is 0 Å². The summed E-state index contributed by atoms with van der Waals surface area (Å²) in [5.41, 5.74) is 0. The summed E-state index contributed by atoms with van der Waals surface area (Å²) in [4.78, 5) is 22.9.